The van der Waals surface area contributed by atoms with Crippen LogP contribution < -0.4 is 9.47 Å². The van der Waals surface area contributed by atoms with Gasteiger partial charge in [-0.2, -0.15) is 0 Å². The predicted molar refractivity (Wildman–Crippen MR) is 66.7 cm³/mol. The summed E-state index contributed by atoms with van der Waals surface area (Å²) < 4.78 is 13.1. The van der Waals surface area contributed by atoms with Crippen LogP contribution in [0.15, 0.2) is 12.1 Å². The van der Waals surface area contributed by atoms with E-state index in [4.69, 9.17) is 22.3 Å². The molecule has 1 saturated carbocycles. The lowest BCUT2D eigenvalue weighted by atomic mass is 9.90. The first kappa shape index (κ1) is 10.1. The second-order valence-electron chi connectivity index (χ2n) is 5.09. The van der Waals surface area contributed by atoms with Gasteiger partial charge in [-0.3, -0.25) is 0 Å². The quantitative estimate of drug-likeness (QED) is 0.750. The average molecular weight is 248 g/mol. The van der Waals surface area contributed by atoms with Crippen molar-refractivity contribution in [2.75, 3.05) is 14.2 Å². The van der Waals surface area contributed by atoms with Gasteiger partial charge >= 0.3 is 0 Å². The second kappa shape index (κ2) is 3.12. The molecular formula is C13H14NO2S. The Morgan fingerprint density at radius 2 is 1.53 bits per heavy atom. The number of benzene rings is 1. The Bertz CT molecular complexity index is 461. The van der Waals surface area contributed by atoms with Crippen LogP contribution in [0.1, 0.15) is 29.4 Å². The van der Waals surface area contributed by atoms with Crippen molar-refractivity contribution in [1.82, 2.24) is 4.31 Å². The van der Waals surface area contributed by atoms with Gasteiger partial charge in [0.1, 0.15) is 11.5 Å². The molecule has 1 radical (unpaired) electrons. The monoisotopic (exact) mass is 248 g/mol. The van der Waals surface area contributed by atoms with Gasteiger partial charge in [0.2, 0.25) is 0 Å². The molecule has 2 fully saturated rings. The van der Waals surface area contributed by atoms with Crippen molar-refractivity contribution in [3.63, 3.8) is 0 Å². The van der Waals surface area contributed by atoms with E-state index in [0.29, 0.717) is 23.9 Å². The lowest BCUT2D eigenvalue weighted by molar-refractivity contribution is 0.393. The molecular weight excluding hydrogens is 234 g/mol. The lowest BCUT2D eigenvalue weighted by Crippen LogP contribution is -2.10. The molecule has 4 rings (SSSR count). The van der Waals surface area contributed by atoms with E-state index >= 15 is 0 Å². The van der Waals surface area contributed by atoms with Crippen LogP contribution in [0.3, 0.4) is 0 Å². The largest absolute Gasteiger partial charge is 0.496 e. The zero-order chi connectivity index (χ0) is 11.7. The van der Waals surface area contributed by atoms with E-state index in [-0.39, 0.29) is 0 Å². The molecule has 4 unspecified atom stereocenters. The summed E-state index contributed by atoms with van der Waals surface area (Å²) in [5.74, 6) is 3.12. The molecule has 89 valence electrons. The summed E-state index contributed by atoms with van der Waals surface area (Å²) in [7, 11) is 3.48. The molecule has 0 spiro atoms. The zero-order valence-corrected chi connectivity index (χ0v) is 10.7. The average Bonchev–Trinajstić information content (AvgIpc) is 2.78. The Hall–Kier alpha value is -0.870. The third-order valence-corrected chi connectivity index (χ3v) is 5.06. The fourth-order valence-corrected chi connectivity index (χ4v) is 4.41. The third kappa shape index (κ3) is 1.04. The molecule has 1 heterocycles. The second-order valence-corrected chi connectivity index (χ2v) is 5.51. The van der Waals surface area contributed by atoms with Gasteiger partial charge in [0, 0.05) is 47.9 Å². The molecule has 4 atom stereocenters. The highest BCUT2D eigenvalue weighted by Crippen LogP contribution is 2.67. The maximum absolute atomic E-state index is 5.50. The minimum absolute atomic E-state index is 0.558. The molecule has 0 amide bonds. The van der Waals surface area contributed by atoms with Crippen molar-refractivity contribution in [3.05, 3.63) is 23.3 Å². The smallest absolute Gasteiger partial charge is 0.122 e. The van der Waals surface area contributed by atoms with Crippen molar-refractivity contribution < 1.29 is 9.47 Å². The molecule has 1 aromatic carbocycles. The van der Waals surface area contributed by atoms with E-state index in [1.54, 1.807) is 14.2 Å². The van der Waals surface area contributed by atoms with Crippen LogP contribution in [0.5, 0.6) is 11.5 Å². The van der Waals surface area contributed by atoms with Gasteiger partial charge in [-0.1, -0.05) is 0 Å². The van der Waals surface area contributed by atoms with Crippen molar-refractivity contribution in [2.45, 2.75) is 30.3 Å². The van der Waals surface area contributed by atoms with Crippen LogP contribution in [0.2, 0.25) is 0 Å². The van der Waals surface area contributed by atoms with Crippen LogP contribution in [0, 0.1) is 0 Å². The fraction of sp³-hybridized carbons (Fsp3) is 0.538. The number of hydrogen-bond acceptors (Lipinski definition) is 3. The Labute approximate surface area is 106 Å². The molecule has 0 aromatic heterocycles. The summed E-state index contributed by atoms with van der Waals surface area (Å²) in [5, 5.41) is 0. The number of nitrogens with zero attached hydrogens (tertiary/aromatic N) is 1. The number of piperidine rings is 1. The Morgan fingerprint density at radius 3 is 1.94 bits per heavy atom. The number of rotatable bonds is 2. The third-order valence-electron chi connectivity index (χ3n) is 4.57. The summed E-state index contributed by atoms with van der Waals surface area (Å²) >= 11 is 5.38. The van der Waals surface area contributed by atoms with Gasteiger partial charge in [-0.15, -0.1) is 0 Å². The normalized spacial score (nSPS) is 39.8. The van der Waals surface area contributed by atoms with E-state index in [9.17, 15) is 0 Å². The molecule has 1 saturated heterocycles. The highest BCUT2D eigenvalue weighted by molar-refractivity contribution is 7.78. The molecule has 3 nitrogen and oxygen atoms in total. The van der Waals surface area contributed by atoms with Gasteiger partial charge in [-0.25, -0.2) is 4.31 Å². The fourth-order valence-electron chi connectivity index (χ4n) is 3.92. The number of methoxy groups -OCH3 is 2. The summed E-state index contributed by atoms with van der Waals surface area (Å²) in [6.45, 7) is 0. The Morgan fingerprint density at radius 1 is 1.06 bits per heavy atom. The van der Waals surface area contributed by atoms with E-state index in [1.165, 1.54) is 17.5 Å². The van der Waals surface area contributed by atoms with E-state index in [1.807, 2.05) is 12.1 Å². The summed E-state index contributed by atoms with van der Waals surface area (Å²) in [6, 6.07) is 5.18. The molecule has 0 N–H and O–H groups in total. The highest BCUT2D eigenvalue weighted by Gasteiger charge is 2.66. The molecule has 1 aliphatic heterocycles. The van der Waals surface area contributed by atoms with Gasteiger partial charge in [0.05, 0.1) is 14.2 Å². The van der Waals surface area contributed by atoms with Crippen molar-refractivity contribution in [1.29, 1.82) is 0 Å². The lowest BCUT2D eigenvalue weighted by Gasteiger charge is -2.19. The first-order valence-corrected chi connectivity index (χ1v) is 6.34. The number of fused-ring (bicyclic) bond motifs is 8. The van der Waals surface area contributed by atoms with Crippen molar-refractivity contribution in [3.8, 4) is 11.5 Å². The molecule has 17 heavy (non-hydrogen) atoms. The first-order valence-electron chi connectivity index (χ1n) is 5.98. The minimum atomic E-state index is 0.558. The highest BCUT2D eigenvalue weighted by atomic mass is 32.1. The molecule has 1 aromatic rings. The van der Waals surface area contributed by atoms with E-state index < -0.39 is 0 Å². The number of hydrogen-bond donors (Lipinski definition) is 0. The summed E-state index contributed by atoms with van der Waals surface area (Å²) in [4.78, 5) is 0. The van der Waals surface area contributed by atoms with E-state index in [0.717, 1.165) is 11.5 Å². The summed E-state index contributed by atoms with van der Waals surface area (Å²) in [5.41, 5.74) is 2.70. The SMILES string of the molecule is COc1ccc(OC)c2c1C1CC2C2C1N2[S]. The molecule has 3 aliphatic rings. The maximum atomic E-state index is 5.50. The standard InChI is InChI=1S/C13H14NO2S/c1-15-8-3-4-9(16-2)11-7-5-6(10(8)11)12-13(7)14(12)17/h3-4,6-7,12-13H,5H2,1-2H3. The van der Waals surface area contributed by atoms with Crippen molar-refractivity contribution >= 4 is 12.8 Å². The maximum Gasteiger partial charge on any atom is 0.122 e. The Balaban J connectivity index is 1.92. The molecule has 4 heteroatoms. The van der Waals surface area contributed by atoms with Crippen LogP contribution in [-0.2, 0) is 0 Å². The van der Waals surface area contributed by atoms with Gasteiger partial charge in [0.15, 0.2) is 0 Å². The Kier molecular flexibility index (Phi) is 1.85. The van der Waals surface area contributed by atoms with Gasteiger partial charge in [0.25, 0.3) is 0 Å². The zero-order valence-electron chi connectivity index (χ0n) is 9.84. The van der Waals surface area contributed by atoms with Gasteiger partial charge < -0.3 is 9.47 Å². The van der Waals surface area contributed by atoms with Crippen LogP contribution in [0.4, 0.5) is 0 Å². The molecule has 2 aliphatic carbocycles. The molecule has 2 bridgehead atoms. The number of ether oxygens (including phenoxy) is 2. The minimum Gasteiger partial charge on any atom is -0.496 e. The van der Waals surface area contributed by atoms with Crippen LogP contribution >= 0.6 is 12.8 Å². The first-order chi connectivity index (χ1) is 8.27. The van der Waals surface area contributed by atoms with Gasteiger partial charge in [-0.05, 0) is 18.6 Å². The van der Waals surface area contributed by atoms with Crippen LogP contribution in [-0.4, -0.2) is 30.6 Å². The topological polar surface area (TPSA) is 21.5 Å². The summed E-state index contributed by atoms with van der Waals surface area (Å²) in [6.07, 6.45) is 1.22. The van der Waals surface area contributed by atoms with Crippen molar-refractivity contribution in [2.24, 2.45) is 0 Å². The van der Waals surface area contributed by atoms with E-state index in [2.05, 4.69) is 4.31 Å². The van der Waals surface area contributed by atoms with Crippen LogP contribution in [0.25, 0.3) is 0 Å². The predicted octanol–water partition coefficient (Wildman–Crippen LogP) is 2.45.